The SMILES string of the molecule is c1ccc(-n2c3ccccc3c3cc(-c4nc(-c5cc6ccccc6o5)nc(-c5cccc6c5-c5ccccc5C6(c5ccccc5)c5ccccc5)n4)ccc32)cc1. The first-order valence-corrected chi connectivity index (χ1v) is 19.9. The lowest BCUT2D eigenvalue weighted by Gasteiger charge is -2.33. The van der Waals surface area contributed by atoms with Crippen LogP contribution in [-0.4, -0.2) is 19.5 Å². The molecule has 5 nitrogen and oxygen atoms in total. The van der Waals surface area contributed by atoms with E-state index in [1.165, 1.54) is 22.3 Å². The average Bonchev–Trinajstić information content (AvgIpc) is 3.99. The maximum atomic E-state index is 6.46. The van der Waals surface area contributed by atoms with E-state index < -0.39 is 5.41 Å². The highest BCUT2D eigenvalue weighted by Crippen LogP contribution is 2.58. The Morgan fingerprint density at radius 1 is 0.424 bits per heavy atom. The lowest BCUT2D eigenvalue weighted by Crippen LogP contribution is -2.28. The lowest BCUT2D eigenvalue weighted by molar-refractivity contribution is 0.625. The monoisotopic (exact) mass is 754 g/mol. The van der Waals surface area contributed by atoms with Gasteiger partial charge in [-0.15, -0.1) is 0 Å². The normalized spacial score (nSPS) is 12.9. The fraction of sp³-hybridized carbons (Fsp3) is 0.0185. The van der Waals surface area contributed by atoms with E-state index in [0.717, 1.165) is 60.7 Å². The highest BCUT2D eigenvalue weighted by Gasteiger charge is 2.47. The highest BCUT2D eigenvalue weighted by molar-refractivity contribution is 6.10. The first-order chi connectivity index (χ1) is 29.3. The van der Waals surface area contributed by atoms with Crippen LogP contribution in [0.5, 0.6) is 0 Å². The van der Waals surface area contributed by atoms with Gasteiger partial charge in [0.25, 0.3) is 0 Å². The molecule has 11 aromatic rings. The molecule has 3 aromatic heterocycles. The van der Waals surface area contributed by atoms with E-state index in [9.17, 15) is 0 Å². The van der Waals surface area contributed by atoms with Gasteiger partial charge in [0.05, 0.1) is 16.4 Å². The fourth-order valence-corrected chi connectivity index (χ4v) is 9.47. The van der Waals surface area contributed by atoms with Crippen LogP contribution in [0.4, 0.5) is 0 Å². The summed E-state index contributed by atoms with van der Waals surface area (Å²) in [5, 5.41) is 3.28. The van der Waals surface area contributed by atoms with Crippen molar-refractivity contribution in [1.29, 1.82) is 0 Å². The van der Waals surface area contributed by atoms with Gasteiger partial charge in [-0.1, -0.05) is 158 Å². The van der Waals surface area contributed by atoms with Crippen molar-refractivity contribution in [3.8, 4) is 51.2 Å². The minimum atomic E-state index is -0.556. The molecule has 0 N–H and O–H groups in total. The number of rotatable bonds is 6. The van der Waals surface area contributed by atoms with Gasteiger partial charge in [-0.2, -0.15) is 0 Å². The Morgan fingerprint density at radius 2 is 1.03 bits per heavy atom. The van der Waals surface area contributed by atoms with Gasteiger partial charge in [0.1, 0.15) is 5.58 Å². The molecule has 0 saturated heterocycles. The van der Waals surface area contributed by atoms with E-state index in [0.29, 0.717) is 23.2 Å². The topological polar surface area (TPSA) is 56.7 Å². The van der Waals surface area contributed by atoms with Crippen LogP contribution in [0.1, 0.15) is 22.3 Å². The molecule has 1 aliphatic rings. The zero-order valence-corrected chi connectivity index (χ0v) is 31.8. The second kappa shape index (κ2) is 13.1. The van der Waals surface area contributed by atoms with Gasteiger partial charge >= 0.3 is 0 Å². The molecule has 5 heteroatoms. The zero-order chi connectivity index (χ0) is 38.9. The third-order valence-corrected chi connectivity index (χ3v) is 11.9. The van der Waals surface area contributed by atoms with E-state index in [1.54, 1.807) is 0 Å². The molecule has 1 aliphatic carbocycles. The van der Waals surface area contributed by atoms with Gasteiger partial charge in [0.15, 0.2) is 23.2 Å². The quantitative estimate of drug-likeness (QED) is 0.170. The Kier molecular flexibility index (Phi) is 7.38. The number of furan rings is 1. The van der Waals surface area contributed by atoms with E-state index >= 15 is 0 Å². The Bertz CT molecular complexity index is 3310. The van der Waals surface area contributed by atoms with Gasteiger partial charge in [-0.25, -0.2) is 15.0 Å². The molecule has 3 heterocycles. The van der Waals surface area contributed by atoms with Crippen molar-refractivity contribution in [2.75, 3.05) is 0 Å². The summed E-state index contributed by atoms with van der Waals surface area (Å²) in [6.45, 7) is 0. The van der Waals surface area contributed by atoms with Crippen molar-refractivity contribution in [3.63, 3.8) is 0 Å². The van der Waals surface area contributed by atoms with E-state index in [1.807, 2.05) is 24.3 Å². The van der Waals surface area contributed by atoms with Gasteiger partial charge in [-0.3, -0.25) is 0 Å². The van der Waals surface area contributed by atoms with Crippen LogP contribution in [0.2, 0.25) is 0 Å². The number of aromatic nitrogens is 4. The maximum Gasteiger partial charge on any atom is 0.199 e. The van der Waals surface area contributed by atoms with Crippen LogP contribution in [0.25, 0.3) is 83.9 Å². The minimum Gasteiger partial charge on any atom is -0.453 e. The van der Waals surface area contributed by atoms with Crippen LogP contribution in [0.3, 0.4) is 0 Å². The van der Waals surface area contributed by atoms with Crippen LogP contribution >= 0.6 is 0 Å². The summed E-state index contributed by atoms with van der Waals surface area (Å²) in [5.74, 6) is 2.23. The maximum absolute atomic E-state index is 6.46. The van der Waals surface area contributed by atoms with E-state index in [4.69, 9.17) is 19.4 Å². The molecule has 0 fully saturated rings. The van der Waals surface area contributed by atoms with Gasteiger partial charge in [-0.05, 0) is 81.9 Å². The number of para-hydroxylation sites is 3. The Balaban J connectivity index is 1.12. The summed E-state index contributed by atoms with van der Waals surface area (Å²) >= 11 is 0. The third kappa shape index (κ3) is 5.01. The molecule has 0 atom stereocenters. The lowest BCUT2D eigenvalue weighted by atomic mass is 9.67. The summed E-state index contributed by atoms with van der Waals surface area (Å²) in [6.07, 6.45) is 0. The average molecular weight is 755 g/mol. The van der Waals surface area contributed by atoms with Crippen LogP contribution in [-0.2, 0) is 5.41 Å². The summed E-state index contributed by atoms with van der Waals surface area (Å²) in [7, 11) is 0. The fourth-order valence-electron chi connectivity index (χ4n) is 9.47. The molecular weight excluding hydrogens is 721 g/mol. The van der Waals surface area contributed by atoms with Crippen LogP contribution in [0, 0.1) is 0 Å². The first kappa shape index (κ1) is 33.3. The third-order valence-electron chi connectivity index (χ3n) is 11.9. The summed E-state index contributed by atoms with van der Waals surface area (Å²) < 4.78 is 8.78. The highest BCUT2D eigenvalue weighted by atomic mass is 16.3. The number of benzene rings is 8. The molecule has 0 bridgehead atoms. The Labute approximate surface area is 340 Å². The predicted octanol–water partition coefficient (Wildman–Crippen LogP) is 13.1. The zero-order valence-electron chi connectivity index (χ0n) is 31.8. The van der Waals surface area contributed by atoms with Crippen molar-refractivity contribution in [2.24, 2.45) is 0 Å². The van der Waals surface area contributed by atoms with E-state index in [-0.39, 0.29) is 0 Å². The molecule has 12 rings (SSSR count). The molecular formula is C54H34N4O. The summed E-state index contributed by atoms with van der Waals surface area (Å²) in [5.41, 5.74) is 12.5. The van der Waals surface area contributed by atoms with Crippen LogP contribution in [0.15, 0.2) is 211 Å². The Hall–Kier alpha value is -7.89. The smallest absolute Gasteiger partial charge is 0.199 e. The molecule has 59 heavy (non-hydrogen) atoms. The number of nitrogens with zero attached hydrogens (tertiary/aromatic N) is 4. The largest absolute Gasteiger partial charge is 0.453 e. The predicted molar refractivity (Wildman–Crippen MR) is 238 cm³/mol. The molecule has 0 amide bonds. The second-order valence-electron chi connectivity index (χ2n) is 15.1. The first-order valence-electron chi connectivity index (χ1n) is 19.9. The van der Waals surface area contributed by atoms with Crippen molar-refractivity contribution in [1.82, 2.24) is 19.5 Å². The molecule has 0 unspecified atom stereocenters. The summed E-state index contributed by atoms with van der Waals surface area (Å²) in [6, 6.07) is 72.8. The standard InChI is InChI=1S/C54H34N4O/c1-4-18-37(19-5-1)54(38-20-6-2-7-21-38)44-27-13-11-25-41(44)50-42(26-16-28-45(50)54)52-55-51(56-53(57-52)49-34-35-17-10-15-30-48(35)59-49)36-31-32-47-43(33-36)40-24-12-14-29-46(40)58(47)39-22-8-3-9-23-39/h1-34H. The van der Waals surface area contributed by atoms with Gasteiger partial charge in [0, 0.05) is 33.0 Å². The number of hydrogen-bond acceptors (Lipinski definition) is 4. The van der Waals surface area contributed by atoms with Gasteiger partial charge < -0.3 is 8.98 Å². The summed E-state index contributed by atoms with van der Waals surface area (Å²) in [4.78, 5) is 15.8. The molecule has 0 aliphatic heterocycles. The van der Waals surface area contributed by atoms with Gasteiger partial charge in [0.2, 0.25) is 0 Å². The van der Waals surface area contributed by atoms with Crippen molar-refractivity contribution < 1.29 is 4.42 Å². The van der Waals surface area contributed by atoms with Crippen molar-refractivity contribution in [2.45, 2.75) is 5.41 Å². The second-order valence-corrected chi connectivity index (χ2v) is 15.1. The molecule has 0 radical (unpaired) electrons. The molecule has 8 aromatic carbocycles. The van der Waals surface area contributed by atoms with Crippen molar-refractivity contribution in [3.05, 3.63) is 229 Å². The molecule has 0 saturated carbocycles. The molecule has 0 spiro atoms. The number of fused-ring (bicyclic) bond motifs is 7. The van der Waals surface area contributed by atoms with Crippen LogP contribution < -0.4 is 0 Å². The van der Waals surface area contributed by atoms with Crippen molar-refractivity contribution >= 4 is 32.8 Å². The minimum absolute atomic E-state index is 0.481. The van der Waals surface area contributed by atoms with E-state index in [2.05, 4.69) is 187 Å². The number of hydrogen-bond donors (Lipinski definition) is 0. The Morgan fingerprint density at radius 3 is 1.83 bits per heavy atom. The molecule has 276 valence electrons.